The van der Waals surface area contributed by atoms with Crippen LogP contribution in [0.4, 0.5) is 0 Å². The maximum absolute atomic E-state index is 7.57. The molecule has 0 aliphatic rings. The van der Waals surface area contributed by atoms with Crippen LogP contribution in [0.3, 0.4) is 0 Å². The fourth-order valence-electron chi connectivity index (χ4n) is 0. The smallest absolute Gasteiger partial charge is 1.00 e. The molecule has 0 aromatic heterocycles. The number of hydrogen-bond acceptors (Lipinski definition) is 2. The minimum atomic E-state index is 0. The molecule has 2 nitrogen and oxygen atoms in total. The van der Waals surface area contributed by atoms with E-state index in [-0.39, 0.29) is 66.0 Å². The molecule has 0 aromatic carbocycles. The van der Waals surface area contributed by atoms with Gasteiger partial charge in [-0.2, -0.15) is 0 Å². The van der Waals surface area contributed by atoms with Gasteiger partial charge in [0.1, 0.15) is 0 Å². The average molecular weight is 132 g/mol. The molecule has 2 N–H and O–H groups in total. The van der Waals surface area contributed by atoms with Gasteiger partial charge in [-0.25, -0.2) is 0 Å². The van der Waals surface area contributed by atoms with Gasteiger partial charge < -0.3 is 11.6 Å². The van der Waals surface area contributed by atoms with Crippen molar-refractivity contribution in [1.29, 1.82) is 0 Å². The first-order chi connectivity index (χ1) is 2.83. The van der Waals surface area contributed by atoms with Crippen LogP contribution in [0, 0.1) is 0 Å². The van der Waals surface area contributed by atoms with E-state index in [4.69, 9.17) is 10.2 Å². The van der Waals surface area contributed by atoms with Gasteiger partial charge in [-0.1, -0.05) is 0 Å². The number of aliphatic hydroxyl groups is 2. The van der Waals surface area contributed by atoms with Gasteiger partial charge in [-0.05, 0) is 13.8 Å². The Morgan fingerprint density at radius 3 is 1.14 bits per heavy atom. The second-order valence-corrected chi connectivity index (χ2v) is 0.632. The normalized spacial score (nSPS) is 5.14. The average Bonchev–Trinajstić information content (AvgIpc) is 1.39. The van der Waals surface area contributed by atoms with Crippen molar-refractivity contribution in [3.63, 3.8) is 0 Å². The molecule has 0 aromatic rings. The van der Waals surface area contributed by atoms with Crippen molar-refractivity contribution in [2.45, 2.75) is 13.8 Å². The predicted octanol–water partition coefficient (Wildman–Crippen LogP) is -2.89. The van der Waals surface area contributed by atoms with Crippen LogP contribution in [0.2, 0.25) is 0 Å². The molecule has 3 heteroatoms. The molecule has 0 aliphatic carbocycles. The minimum Gasteiger partial charge on any atom is -1.00 e. The van der Waals surface area contributed by atoms with Gasteiger partial charge in [0.2, 0.25) is 0 Å². The van der Waals surface area contributed by atoms with Crippen molar-refractivity contribution < 1.29 is 63.0 Å². The summed E-state index contributed by atoms with van der Waals surface area (Å²) in [6, 6.07) is 0. The van der Waals surface area contributed by atoms with Crippen LogP contribution in [0.25, 0.3) is 0 Å². The third kappa shape index (κ3) is 96.3. The topological polar surface area (TPSA) is 40.5 Å². The van der Waals surface area contributed by atoms with E-state index >= 15 is 0 Å². The summed E-state index contributed by atoms with van der Waals surface area (Å²) in [5.74, 6) is 0. The zero-order chi connectivity index (χ0) is 5.41. The molecule has 0 saturated heterocycles. The van der Waals surface area contributed by atoms with Crippen LogP contribution in [0.15, 0.2) is 0 Å². The molecule has 42 valence electrons. The van der Waals surface area contributed by atoms with E-state index in [2.05, 4.69) is 0 Å². The van der Waals surface area contributed by atoms with Crippen LogP contribution < -0.4 is 51.4 Å². The molecular weight excluding hydrogens is 119 g/mol. The Morgan fingerprint density at radius 2 is 1.14 bits per heavy atom. The van der Waals surface area contributed by atoms with Crippen LogP contribution in [0.1, 0.15) is 15.3 Å². The SMILES string of the molecule is CCO.CCO.[H-].[K+]. The third-order valence-electron chi connectivity index (χ3n) is 0. The van der Waals surface area contributed by atoms with Gasteiger partial charge in [-0.3, -0.25) is 0 Å². The Balaban J connectivity index is -0.0000000160. The van der Waals surface area contributed by atoms with Gasteiger partial charge >= 0.3 is 51.4 Å². The predicted molar refractivity (Wildman–Crippen MR) is 26.6 cm³/mol. The Hall–Kier alpha value is 1.56. The minimum absolute atomic E-state index is 0. The van der Waals surface area contributed by atoms with E-state index < -0.39 is 0 Å². The summed E-state index contributed by atoms with van der Waals surface area (Å²) in [4.78, 5) is 0. The molecular formula is C4H13KO2. The summed E-state index contributed by atoms with van der Waals surface area (Å²) >= 11 is 0. The summed E-state index contributed by atoms with van der Waals surface area (Å²) in [5.41, 5.74) is 0. The molecule has 0 atom stereocenters. The Kier molecular flexibility index (Phi) is 58.1. The van der Waals surface area contributed by atoms with Gasteiger partial charge in [0.05, 0.1) is 0 Å². The summed E-state index contributed by atoms with van der Waals surface area (Å²) in [5, 5.41) is 15.1. The van der Waals surface area contributed by atoms with Crippen molar-refractivity contribution in [2.75, 3.05) is 13.2 Å². The monoisotopic (exact) mass is 132 g/mol. The molecule has 7 heavy (non-hydrogen) atoms. The van der Waals surface area contributed by atoms with E-state index in [1.807, 2.05) is 0 Å². The van der Waals surface area contributed by atoms with Gasteiger partial charge in [0.25, 0.3) is 0 Å². The standard InChI is InChI=1S/2C2H6O.K.H/c2*1-2-3;;/h2*3H,2H2,1H3;;/q;;+1;-1. The number of aliphatic hydroxyl groups excluding tert-OH is 2. The van der Waals surface area contributed by atoms with Gasteiger partial charge in [0, 0.05) is 13.2 Å². The summed E-state index contributed by atoms with van der Waals surface area (Å²) < 4.78 is 0. The molecule has 0 rings (SSSR count). The number of hydrogen-bond donors (Lipinski definition) is 2. The first-order valence-electron chi connectivity index (χ1n) is 2.05. The number of rotatable bonds is 0. The van der Waals surface area contributed by atoms with Gasteiger partial charge in [0.15, 0.2) is 0 Å². The zero-order valence-corrected chi connectivity index (χ0v) is 8.43. The van der Waals surface area contributed by atoms with Crippen molar-refractivity contribution in [3.05, 3.63) is 0 Å². The third-order valence-corrected chi connectivity index (χ3v) is 0. The molecule has 0 bridgehead atoms. The second kappa shape index (κ2) is 25.7. The van der Waals surface area contributed by atoms with E-state index in [0.29, 0.717) is 0 Å². The molecule has 0 unspecified atom stereocenters. The Morgan fingerprint density at radius 1 is 1.14 bits per heavy atom. The van der Waals surface area contributed by atoms with E-state index in [9.17, 15) is 0 Å². The first kappa shape index (κ1) is 15.8. The van der Waals surface area contributed by atoms with Crippen LogP contribution in [-0.4, -0.2) is 23.4 Å². The molecule has 0 fully saturated rings. The largest absolute Gasteiger partial charge is 1.00 e. The fraction of sp³-hybridized carbons (Fsp3) is 1.00. The zero-order valence-electron chi connectivity index (χ0n) is 6.31. The van der Waals surface area contributed by atoms with Crippen LogP contribution in [-0.2, 0) is 0 Å². The van der Waals surface area contributed by atoms with Crippen molar-refractivity contribution >= 4 is 0 Å². The maximum atomic E-state index is 7.57. The molecule has 0 radical (unpaired) electrons. The van der Waals surface area contributed by atoms with E-state index in [1.54, 1.807) is 13.8 Å². The molecule has 0 spiro atoms. The fourth-order valence-corrected chi connectivity index (χ4v) is 0. The molecule has 0 heterocycles. The van der Waals surface area contributed by atoms with Gasteiger partial charge in [-0.15, -0.1) is 0 Å². The molecule has 0 aliphatic heterocycles. The quantitative estimate of drug-likeness (QED) is 0.347. The van der Waals surface area contributed by atoms with Crippen LogP contribution in [0.5, 0.6) is 0 Å². The Bertz CT molecular complexity index is 16.0. The van der Waals surface area contributed by atoms with Crippen molar-refractivity contribution in [1.82, 2.24) is 0 Å². The summed E-state index contributed by atoms with van der Waals surface area (Å²) in [6.45, 7) is 3.86. The Labute approximate surface area is 88.8 Å². The van der Waals surface area contributed by atoms with Crippen LogP contribution >= 0.6 is 0 Å². The second-order valence-electron chi connectivity index (χ2n) is 0.632. The molecule has 0 saturated carbocycles. The summed E-state index contributed by atoms with van der Waals surface area (Å²) in [6.07, 6.45) is 0. The van der Waals surface area contributed by atoms with E-state index in [1.165, 1.54) is 0 Å². The summed E-state index contributed by atoms with van der Waals surface area (Å²) in [7, 11) is 0. The van der Waals surface area contributed by atoms with Crippen molar-refractivity contribution in [3.8, 4) is 0 Å². The maximum Gasteiger partial charge on any atom is 1.00 e. The first-order valence-corrected chi connectivity index (χ1v) is 2.05. The van der Waals surface area contributed by atoms with Crippen molar-refractivity contribution in [2.24, 2.45) is 0 Å². The molecule has 0 amide bonds. The van der Waals surface area contributed by atoms with E-state index in [0.717, 1.165) is 0 Å².